The van der Waals surface area contributed by atoms with Crippen LogP contribution in [0.15, 0.2) is 29.3 Å². The predicted molar refractivity (Wildman–Crippen MR) is 95.2 cm³/mol. The lowest BCUT2D eigenvalue weighted by atomic mass is 10.1. The van der Waals surface area contributed by atoms with Crippen LogP contribution in [0.4, 0.5) is 0 Å². The lowest BCUT2D eigenvalue weighted by molar-refractivity contribution is 0.0659. The fourth-order valence-electron chi connectivity index (χ4n) is 2.41. The highest BCUT2D eigenvalue weighted by Gasteiger charge is 2.34. The summed E-state index contributed by atoms with van der Waals surface area (Å²) in [6, 6.07) is 7.20. The van der Waals surface area contributed by atoms with E-state index in [2.05, 4.69) is 36.4 Å². The van der Waals surface area contributed by atoms with E-state index in [1.807, 2.05) is 6.92 Å². The van der Waals surface area contributed by atoms with Gasteiger partial charge in [0.2, 0.25) is 0 Å². The number of rotatable bonds is 6. The van der Waals surface area contributed by atoms with Gasteiger partial charge in [-0.05, 0) is 31.9 Å². The van der Waals surface area contributed by atoms with Crippen LogP contribution >= 0.6 is 0 Å². The Morgan fingerprint density at radius 3 is 2.21 bits per heavy atom. The van der Waals surface area contributed by atoms with Crippen molar-refractivity contribution in [3.63, 3.8) is 0 Å². The topological polar surface area (TPSA) is 73.8 Å². The average molecular weight is 330 g/mol. The molecule has 1 heterocycles. The van der Waals surface area contributed by atoms with Crippen LogP contribution in [-0.4, -0.2) is 48.3 Å². The van der Waals surface area contributed by atoms with Gasteiger partial charge < -0.3 is 10.6 Å². The molecule has 1 aliphatic heterocycles. The highest BCUT2D eigenvalue weighted by atomic mass is 16.2. The monoisotopic (exact) mass is 330 g/mol. The van der Waals surface area contributed by atoms with Crippen molar-refractivity contribution in [1.82, 2.24) is 15.5 Å². The van der Waals surface area contributed by atoms with Crippen LogP contribution in [0.2, 0.25) is 0 Å². The van der Waals surface area contributed by atoms with Crippen molar-refractivity contribution in [2.45, 2.75) is 33.7 Å². The summed E-state index contributed by atoms with van der Waals surface area (Å²) >= 11 is 0. The van der Waals surface area contributed by atoms with E-state index < -0.39 is 0 Å². The Labute approximate surface area is 143 Å². The lowest BCUT2D eigenvalue weighted by Gasteiger charge is -2.21. The number of carbonyl (C=O) groups is 2. The molecule has 1 atom stereocenters. The summed E-state index contributed by atoms with van der Waals surface area (Å²) in [7, 11) is 0. The predicted octanol–water partition coefficient (Wildman–Crippen LogP) is 1.88. The standard InChI is InChI=1S/C18H26N4O2/c1-5-19-18(21-13(4)12(2)3)20-10-11-22-16(23)14-8-6-7-9-15(14)17(22)24/h6-9,12-13H,5,10-11H2,1-4H3,(H2,19,20,21). The van der Waals surface area contributed by atoms with Gasteiger partial charge in [-0.2, -0.15) is 0 Å². The van der Waals surface area contributed by atoms with Crippen LogP contribution in [-0.2, 0) is 0 Å². The number of benzene rings is 1. The summed E-state index contributed by atoms with van der Waals surface area (Å²) in [5.74, 6) is 0.707. The Morgan fingerprint density at radius 1 is 1.12 bits per heavy atom. The van der Waals surface area contributed by atoms with Gasteiger partial charge in [0, 0.05) is 19.1 Å². The second kappa shape index (κ2) is 7.95. The van der Waals surface area contributed by atoms with E-state index in [4.69, 9.17) is 0 Å². The molecule has 0 saturated carbocycles. The Hall–Kier alpha value is -2.37. The zero-order valence-corrected chi connectivity index (χ0v) is 14.8. The molecule has 1 aromatic carbocycles. The summed E-state index contributed by atoms with van der Waals surface area (Å²) in [6.45, 7) is 9.78. The number of fused-ring (bicyclic) bond motifs is 1. The van der Waals surface area contributed by atoms with Gasteiger partial charge in [0.25, 0.3) is 11.8 Å². The minimum Gasteiger partial charge on any atom is -0.357 e. The molecule has 24 heavy (non-hydrogen) atoms. The first kappa shape index (κ1) is 18.0. The van der Waals surface area contributed by atoms with E-state index in [0.29, 0.717) is 29.5 Å². The number of hydrogen-bond donors (Lipinski definition) is 2. The van der Waals surface area contributed by atoms with Gasteiger partial charge in [0.05, 0.1) is 17.7 Å². The molecule has 2 N–H and O–H groups in total. The largest absolute Gasteiger partial charge is 0.357 e. The van der Waals surface area contributed by atoms with Crippen molar-refractivity contribution in [2.24, 2.45) is 10.9 Å². The summed E-state index contributed by atoms with van der Waals surface area (Å²) in [4.78, 5) is 30.3. The number of imide groups is 1. The maximum Gasteiger partial charge on any atom is 0.261 e. The highest BCUT2D eigenvalue weighted by molar-refractivity contribution is 6.21. The third kappa shape index (κ3) is 3.93. The first-order valence-electron chi connectivity index (χ1n) is 8.45. The van der Waals surface area contributed by atoms with E-state index >= 15 is 0 Å². The number of hydrogen-bond acceptors (Lipinski definition) is 3. The van der Waals surface area contributed by atoms with E-state index in [1.54, 1.807) is 24.3 Å². The zero-order valence-electron chi connectivity index (χ0n) is 14.8. The van der Waals surface area contributed by atoms with E-state index in [9.17, 15) is 9.59 Å². The third-order valence-electron chi connectivity index (χ3n) is 4.18. The van der Waals surface area contributed by atoms with Crippen molar-refractivity contribution < 1.29 is 9.59 Å². The molecule has 2 rings (SSSR count). The maximum atomic E-state index is 12.3. The SMILES string of the molecule is CCNC(=NCCN1C(=O)c2ccccc2C1=O)NC(C)C(C)C. The van der Waals surface area contributed by atoms with E-state index in [1.165, 1.54) is 4.90 Å². The van der Waals surface area contributed by atoms with Gasteiger partial charge >= 0.3 is 0 Å². The fourth-order valence-corrected chi connectivity index (χ4v) is 2.41. The molecule has 1 aliphatic rings. The summed E-state index contributed by atoms with van der Waals surface area (Å²) in [5, 5.41) is 6.52. The van der Waals surface area contributed by atoms with Crippen molar-refractivity contribution in [2.75, 3.05) is 19.6 Å². The van der Waals surface area contributed by atoms with Crippen LogP contribution in [0.1, 0.15) is 48.4 Å². The zero-order chi connectivity index (χ0) is 17.7. The molecular formula is C18H26N4O2. The Morgan fingerprint density at radius 2 is 1.71 bits per heavy atom. The fraction of sp³-hybridized carbons (Fsp3) is 0.500. The van der Waals surface area contributed by atoms with Gasteiger partial charge in [0.15, 0.2) is 5.96 Å². The van der Waals surface area contributed by atoms with Crippen LogP contribution in [0.25, 0.3) is 0 Å². The van der Waals surface area contributed by atoms with E-state index in [0.717, 1.165) is 6.54 Å². The number of amides is 2. The molecule has 1 unspecified atom stereocenters. The molecule has 0 saturated heterocycles. The summed E-state index contributed by atoms with van der Waals surface area (Å²) < 4.78 is 0. The van der Waals surface area contributed by atoms with Gasteiger partial charge in [-0.3, -0.25) is 19.5 Å². The molecule has 0 aliphatic carbocycles. The Kier molecular flexibility index (Phi) is 5.95. The van der Waals surface area contributed by atoms with Crippen molar-refractivity contribution in [1.29, 1.82) is 0 Å². The number of carbonyl (C=O) groups excluding carboxylic acids is 2. The lowest BCUT2D eigenvalue weighted by Crippen LogP contribution is -2.44. The maximum absolute atomic E-state index is 12.3. The summed E-state index contributed by atoms with van der Waals surface area (Å²) in [6.07, 6.45) is 0. The first-order valence-corrected chi connectivity index (χ1v) is 8.45. The van der Waals surface area contributed by atoms with Crippen molar-refractivity contribution in [3.8, 4) is 0 Å². The van der Waals surface area contributed by atoms with Crippen LogP contribution in [0.5, 0.6) is 0 Å². The molecule has 0 bridgehead atoms. The molecule has 2 amide bonds. The second-order valence-corrected chi connectivity index (χ2v) is 6.25. The third-order valence-corrected chi connectivity index (χ3v) is 4.18. The van der Waals surface area contributed by atoms with Gasteiger partial charge in [-0.15, -0.1) is 0 Å². The van der Waals surface area contributed by atoms with Gasteiger partial charge in [-0.1, -0.05) is 26.0 Å². The Bertz CT molecular complexity index is 605. The summed E-state index contributed by atoms with van der Waals surface area (Å²) in [5.41, 5.74) is 0.954. The first-order chi connectivity index (χ1) is 11.5. The van der Waals surface area contributed by atoms with Crippen LogP contribution in [0.3, 0.4) is 0 Å². The average Bonchev–Trinajstić information content (AvgIpc) is 2.80. The van der Waals surface area contributed by atoms with Crippen molar-refractivity contribution >= 4 is 17.8 Å². The molecule has 0 fully saturated rings. The number of nitrogens with one attached hydrogen (secondary N) is 2. The minimum absolute atomic E-state index is 0.237. The molecule has 0 aromatic heterocycles. The minimum atomic E-state index is -0.237. The number of aliphatic imine (C=N–C) groups is 1. The smallest absolute Gasteiger partial charge is 0.261 e. The van der Waals surface area contributed by atoms with Gasteiger partial charge in [-0.25, -0.2) is 0 Å². The molecule has 6 heteroatoms. The van der Waals surface area contributed by atoms with Crippen LogP contribution in [0, 0.1) is 5.92 Å². The van der Waals surface area contributed by atoms with Gasteiger partial charge in [0.1, 0.15) is 0 Å². The van der Waals surface area contributed by atoms with E-state index in [-0.39, 0.29) is 24.4 Å². The highest BCUT2D eigenvalue weighted by Crippen LogP contribution is 2.21. The molecule has 6 nitrogen and oxygen atoms in total. The number of nitrogens with zero attached hydrogens (tertiary/aromatic N) is 2. The molecule has 130 valence electrons. The molecule has 1 aromatic rings. The normalized spacial score (nSPS) is 15.7. The number of guanidine groups is 1. The Balaban J connectivity index is 1.99. The van der Waals surface area contributed by atoms with Crippen molar-refractivity contribution in [3.05, 3.63) is 35.4 Å². The molecular weight excluding hydrogens is 304 g/mol. The molecule has 0 spiro atoms. The molecule has 0 radical (unpaired) electrons. The van der Waals surface area contributed by atoms with Crippen LogP contribution < -0.4 is 10.6 Å². The second-order valence-electron chi connectivity index (χ2n) is 6.25. The quantitative estimate of drug-likeness (QED) is 0.474.